The fourth-order valence-electron chi connectivity index (χ4n) is 2.12. The molecule has 0 bridgehead atoms. The highest BCUT2D eigenvalue weighted by Crippen LogP contribution is 2.36. The number of rotatable bonds is 5. The van der Waals surface area contributed by atoms with Crippen LogP contribution in [0.25, 0.3) is 0 Å². The number of benzene rings is 1. The first-order chi connectivity index (χ1) is 10.1. The third kappa shape index (κ3) is 3.43. The van der Waals surface area contributed by atoms with Gasteiger partial charge in [0.2, 0.25) is 5.91 Å². The predicted octanol–water partition coefficient (Wildman–Crippen LogP) is 3.71. The lowest BCUT2D eigenvalue weighted by atomic mass is 10.2. The van der Waals surface area contributed by atoms with Crippen molar-refractivity contribution in [3.05, 3.63) is 40.1 Å². The van der Waals surface area contributed by atoms with Crippen LogP contribution in [0.3, 0.4) is 0 Å². The first kappa shape index (κ1) is 15.5. The molecule has 1 heterocycles. The predicted molar refractivity (Wildman–Crippen MR) is 85.2 cm³/mol. The Morgan fingerprint density at radius 2 is 2.10 bits per heavy atom. The first-order valence-corrected chi connectivity index (χ1v) is 7.73. The van der Waals surface area contributed by atoms with E-state index in [0.717, 1.165) is 16.8 Å². The second kappa shape index (κ2) is 6.74. The van der Waals surface area contributed by atoms with Gasteiger partial charge in [-0.25, -0.2) is 0 Å². The van der Waals surface area contributed by atoms with Crippen LogP contribution < -0.4 is 9.64 Å². The molecule has 0 aliphatic heterocycles. The summed E-state index contributed by atoms with van der Waals surface area (Å²) in [5.74, 6) is 1.22. The number of thiophene rings is 1. The summed E-state index contributed by atoms with van der Waals surface area (Å²) >= 11 is 1.47. The van der Waals surface area contributed by atoms with Gasteiger partial charge in [0.05, 0.1) is 12.3 Å². The second-order valence-electron chi connectivity index (χ2n) is 4.76. The number of ether oxygens (including phenoxy) is 1. The lowest BCUT2D eigenvalue weighted by Gasteiger charge is -2.22. The number of amides is 1. The number of carbonyl (C=O) groups is 1. The molecule has 4 nitrogen and oxygen atoms in total. The molecule has 0 radical (unpaired) electrons. The molecule has 21 heavy (non-hydrogen) atoms. The van der Waals surface area contributed by atoms with Gasteiger partial charge in [-0.05, 0) is 31.5 Å². The number of hydrogen-bond donors (Lipinski definition) is 1. The molecule has 5 heteroatoms. The van der Waals surface area contributed by atoms with E-state index in [2.05, 4.69) is 0 Å². The standard InChI is InChI=1S/C16H19NO3S/c1-4-17(12(3)19)14-7-11(2)5-6-15(14)20-16-10-21-9-13(16)8-18/h5-7,9-10,18H,4,8H2,1-3H3. The third-order valence-electron chi connectivity index (χ3n) is 3.19. The lowest BCUT2D eigenvalue weighted by molar-refractivity contribution is -0.116. The summed E-state index contributed by atoms with van der Waals surface area (Å²) in [6.45, 7) is 5.96. The van der Waals surface area contributed by atoms with Crippen LogP contribution in [-0.4, -0.2) is 17.6 Å². The monoisotopic (exact) mass is 305 g/mol. The number of aliphatic hydroxyl groups excluding tert-OH is 1. The van der Waals surface area contributed by atoms with E-state index in [1.54, 1.807) is 11.8 Å². The fraction of sp³-hybridized carbons (Fsp3) is 0.312. The Balaban J connectivity index is 2.41. The number of aryl methyl sites for hydroxylation is 1. The number of aliphatic hydroxyl groups is 1. The Morgan fingerprint density at radius 3 is 2.71 bits per heavy atom. The summed E-state index contributed by atoms with van der Waals surface area (Å²) in [6, 6.07) is 5.73. The highest BCUT2D eigenvalue weighted by Gasteiger charge is 2.16. The third-order valence-corrected chi connectivity index (χ3v) is 3.96. The van der Waals surface area contributed by atoms with Gasteiger partial charge in [0.1, 0.15) is 5.75 Å². The van der Waals surface area contributed by atoms with Crippen LogP contribution in [-0.2, 0) is 11.4 Å². The van der Waals surface area contributed by atoms with Crippen molar-refractivity contribution in [1.82, 2.24) is 0 Å². The summed E-state index contributed by atoms with van der Waals surface area (Å²) in [4.78, 5) is 13.5. The molecule has 112 valence electrons. The number of carbonyl (C=O) groups excluding carboxylic acids is 1. The minimum absolute atomic E-state index is 0.0272. The molecule has 0 fully saturated rings. The maximum Gasteiger partial charge on any atom is 0.223 e. The van der Waals surface area contributed by atoms with Gasteiger partial charge in [0.15, 0.2) is 5.75 Å². The maximum absolute atomic E-state index is 11.8. The van der Waals surface area contributed by atoms with Crippen LogP contribution in [0.1, 0.15) is 25.0 Å². The van der Waals surface area contributed by atoms with E-state index in [-0.39, 0.29) is 12.5 Å². The Kier molecular flexibility index (Phi) is 4.98. The molecule has 1 aromatic carbocycles. The van der Waals surface area contributed by atoms with Crippen LogP contribution in [0.2, 0.25) is 0 Å². The fourth-order valence-corrected chi connectivity index (χ4v) is 2.87. The van der Waals surface area contributed by atoms with E-state index in [0.29, 0.717) is 18.0 Å². The van der Waals surface area contributed by atoms with Gasteiger partial charge in [0, 0.05) is 29.8 Å². The quantitative estimate of drug-likeness (QED) is 0.916. The molecule has 0 aliphatic rings. The van der Waals surface area contributed by atoms with Gasteiger partial charge in [-0.3, -0.25) is 4.79 Å². The van der Waals surface area contributed by atoms with Crippen molar-refractivity contribution < 1.29 is 14.6 Å². The van der Waals surface area contributed by atoms with Crippen LogP contribution in [0, 0.1) is 6.92 Å². The molecule has 0 saturated heterocycles. The van der Waals surface area contributed by atoms with Crippen LogP contribution in [0.4, 0.5) is 5.69 Å². The van der Waals surface area contributed by atoms with Crippen LogP contribution in [0.15, 0.2) is 29.0 Å². The zero-order chi connectivity index (χ0) is 15.4. The smallest absolute Gasteiger partial charge is 0.223 e. The SMILES string of the molecule is CCN(C(C)=O)c1cc(C)ccc1Oc1cscc1CO. The Labute approximate surface area is 128 Å². The molecular weight excluding hydrogens is 286 g/mol. The molecule has 0 aliphatic carbocycles. The Hall–Kier alpha value is -1.85. The number of anilines is 1. The van der Waals surface area contributed by atoms with E-state index in [9.17, 15) is 9.90 Å². The summed E-state index contributed by atoms with van der Waals surface area (Å²) in [7, 11) is 0. The maximum atomic E-state index is 11.8. The molecule has 0 saturated carbocycles. The van der Waals surface area contributed by atoms with Gasteiger partial charge in [-0.15, -0.1) is 11.3 Å². The molecule has 0 unspecified atom stereocenters. The topological polar surface area (TPSA) is 49.8 Å². The van der Waals surface area contributed by atoms with Gasteiger partial charge in [-0.1, -0.05) is 6.07 Å². The van der Waals surface area contributed by atoms with E-state index >= 15 is 0 Å². The molecule has 1 amide bonds. The molecule has 0 spiro atoms. The molecule has 0 atom stereocenters. The first-order valence-electron chi connectivity index (χ1n) is 6.79. The average Bonchev–Trinajstić information content (AvgIpc) is 2.89. The van der Waals surface area contributed by atoms with Crippen molar-refractivity contribution in [2.75, 3.05) is 11.4 Å². The van der Waals surface area contributed by atoms with E-state index < -0.39 is 0 Å². The molecule has 2 aromatic rings. The van der Waals surface area contributed by atoms with E-state index in [1.165, 1.54) is 11.3 Å². The van der Waals surface area contributed by atoms with E-state index in [4.69, 9.17) is 4.74 Å². The van der Waals surface area contributed by atoms with Gasteiger partial charge >= 0.3 is 0 Å². The number of nitrogens with zero attached hydrogens (tertiary/aromatic N) is 1. The summed E-state index contributed by atoms with van der Waals surface area (Å²) in [5.41, 5.74) is 2.56. The van der Waals surface area contributed by atoms with Gasteiger partial charge in [0.25, 0.3) is 0 Å². The molecular formula is C16H19NO3S. The Bertz CT molecular complexity index is 636. The second-order valence-corrected chi connectivity index (χ2v) is 5.50. The largest absolute Gasteiger partial charge is 0.454 e. The average molecular weight is 305 g/mol. The van der Waals surface area contributed by atoms with Crippen LogP contribution >= 0.6 is 11.3 Å². The van der Waals surface area contributed by atoms with Gasteiger partial charge < -0.3 is 14.7 Å². The van der Waals surface area contributed by atoms with Crippen molar-refractivity contribution in [1.29, 1.82) is 0 Å². The molecule has 1 N–H and O–H groups in total. The molecule has 1 aromatic heterocycles. The highest BCUT2D eigenvalue weighted by atomic mass is 32.1. The van der Waals surface area contributed by atoms with Gasteiger partial charge in [-0.2, -0.15) is 0 Å². The minimum Gasteiger partial charge on any atom is -0.454 e. The Morgan fingerprint density at radius 1 is 1.33 bits per heavy atom. The van der Waals surface area contributed by atoms with E-state index in [1.807, 2.05) is 42.8 Å². The van der Waals surface area contributed by atoms with Crippen molar-refractivity contribution in [3.63, 3.8) is 0 Å². The number of hydrogen-bond acceptors (Lipinski definition) is 4. The van der Waals surface area contributed by atoms with Crippen molar-refractivity contribution in [3.8, 4) is 11.5 Å². The zero-order valence-corrected chi connectivity index (χ0v) is 13.2. The summed E-state index contributed by atoms with van der Waals surface area (Å²) in [5, 5.41) is 13.0. The normalized spacial score (nSPS) is 10.5. The summed E-state index contributed by atoms with van der Waals surface area (Å²) < 4.78 is 5.92. The van der Waals surface area contributed by atoms with Crippen LogP contribution in [0.5, 0.6) is 11.5 Å². The zero-order valence-electron chi connectivity index (χ0n) is 12.4. The minimum atomic E-state index is -0.0652. The molecule has 2 rings (SSSR count). The van der Waals surface area contributed by atoms with Crippen molar-refractivity contribution >= 4 is 22.9 Å². The van der Waals surface area contributed by atoms with Crippen molar-refractivity contribution in [2.45, 2.75) is 27.4 Å². The van der Waals surface area contributed by atoms with Crippen molar-refractivity contribution in [2.24, 2.45) is 0 Å². The summed E-state index contributed by atoms with van der Waals surface area (Å²) in [6.07, 6.45) is 0. The lowest BCUT2D eigenvalue weighted by Crippen LogP contribution is -2.28. The highest BCUT2D eigenvalue weighted by molar-refractivity contribution is 7.08.